The summed E-state index contributed by atoms with van der Waals surface area (Å²) in [4.78, 5) is 10.6. The minimum absolute atomic E-state index is 0.130. The van der Waals surface area contributed by atoms with Gasteiger partial charge in [-0.1, -0.05) is 18.2 Å². The predicted octanol–water partition coefficient (Wildman–Crippen LogP) is 2.45. The minimum atomic E-state index is -1.01. The van der Waals surface area contributed by atoms with Gasteiger partial charge in [-0.2, -0.15) is 0 Å². The zero-order valence-electron chi connectivity index (χ0n) is 10.2. The van der Waals surface area contributed by atoms with Crippen molar-refractivity contribution in [3.63, 3.8) is 0 Å². The van der Waals surface area contributed by atoms with Crippen molar-refractivity contribution in [1.29, 1.82) is 0 Å². The first-order chi connectivity index (χ1) is 9.16. The van der Waals surface area contributed by atoms with Gasteiger partial charge < -0.3 is 14.8 Å². The topological polar surface area (TPSA) is 62.5 Å². The number of hydrogen-bond donors (Lipinski definition) is 2. The molecule has 2 N–H and O–H groups in total. The minimum Gasteiger partial charge on any atom is -0.478 e. The molecule has 0 aliphatic heterocycles. The van der Waals surface area contributed by atoms with E-state index in [9.17, 15) is 9.18 Å². The molecule has 0 radical (unpaired) electrons. The van der Waals surface area contributed by atoms with Crippen molar-refractivity contribution in [2.75, 3.05) is 6.54 Å². The Hall–Kier alpha value is -2.14. The second kappa shape index (κ2) is 6.15. The van der Waals surface area contributed by atoms with Crippen molar-refractivity contribution < 1.29 is 18.7 Å². The molecule has 100 valence electrons. The Labute approximate surface area is 109 Å². The summed E-state index contributed by atoms with van der Waals surface area (Å²) in [5, 5.41) is 11.8. The van der Waals surface area contributed by atoms with Gasteiger partial charge in [-0.25, -0.2) is 9.18 Å². The Morgan fingerprint density at radius 1 is 1.37 bits per heavy atom. The fourth-order valence-electron chi connectivity index (χ4n) is 1.72. The number of carboxylic acid groups (broad SMARTS) is 1. The highest BCUT2D eigenvalue weighted by Gasteiger charge is 2.07. The van der Waals surface area contributed by atoms with Gasteiger partial charge in [0.25, 0.3) is 0 Å². The quantitative estimate of drug-likeness (QED) is 0.786. The maximum absolute atomic E-state index is 13.3. The van der Waals surface area contributed by atoms with Crippen LogP contribution in [0.25, 0.3) is 0 Å². The van der Waals surface area contributed by atoms with E-state index < -0.39 is 5.97 Å². The fraction of sp³-hybridized carbons (Fsp3) is 0.214. The smallest absolute Gasteiger partial charge is 0.338 e. The number of rotatable bonds is 6. The molecule has 5 heteroatoms. The van der Waals surface area contributed by atoms with E-state index in [4.69, 9.17) is 9.52 Å². The number of benzene rings is 1. The van der Waals surface area contributed by atoms with Crippen molar-refractivity contribution in [2.45, 2.75) is 13.0 Å². The van der Waals surface area contributed by atoms with Gasteiger partial charge >= 0.3 is 5.97 Å². The zero-order valence-corrected chi connectivity index (χ0v) is 10.2. The van der Waals surface area contributed by atoms with E-state index in [0.717, 1.165) is 0 Å². The van der Waals surface area contributed by atoms with Crippen LogP contribution in [-0.4, -0.2) is 17.6 Å². The Morgan fingerprint density at radius 2 is 2.16 bits per heavy atom. The van der Waals surface area contributed by atoms with Crippen molar-refractivity contribution >= 4 is 5.97 Å². The number of carbonyl (C=O) groups is 1. The number of hydrogen-bond acceptors (Lipinski definition) is 3. The van der Waals surface area contributed by atoms with Crippen molar-refractivity contribution in [3.8, 4) is 0 Å². The summed E-state index contributed by atoms with van der Waals surface area (Å²) in [7, 11) is 0. The molecule has 0 atom stereocenters. The summed E-state index contributed by atoms with van der Waals surface area (Å²) in [6, 6.07) is 8.10. The van der Waals surface area contributed by atoms with Gasteiger partial charge in [0.2, 0.25) is 0 Å². The van der Waals surface area contributed by atoms with Crippen LogP contribution < -0.4 is 5.32 Å². The van der Waals surface area contributed by atoms with Crippen LogP contribution in [0.3, 0.4) is 0 Å². The van der Waals surface area contributed by atoms with Crippen LogP contribution >= 0.6 is 0 Å². The molecule has 1 aromatic carbocycles. The second-order valence-electron chi connectivity index (χ2n) is 4.13. The van der Waals surface area contributed by atoms with Gasteiger partial charge in [0.05, 0.1) is 12.1 Å². The van der Waals surface area contributed by atoms with Gasteiger partial charge in [0.15, 0.2) is 0 Å². The second-order valence-corrected chi connectivity index (χ2v) is 4.13. The third kappa shape index (κ3) is 3.66. The molecule has 0 spiro atoms. The highest BCUT2D eigenvalue weighted by molar-refractivity contribution is 5.87. The molecule has 0 unspecified atom stereocenters. The lowest BCUT2D eigenvalue weighted by atomic mass is 10.1. The summed E-state index contributed by atoms with van der Waals surface area (Å²) < 4.78 is 18.4. The largest absolute Gasteiger partial charge is 0.478 e. The van der Waals surface area contributed by atoms with E-state index in [2.05, 4.69) is 5.32 Å². The summed E-state index contributed by atoms with van der Waals surface area (Å²) >= 11 is 0. The lowest BCUT2D eigenvalue weighted by molar-refractivity contribution is 0.0696. The number of aromatic carboxylic acids is 1. The number of nitrogens with one attached hydrogen (secondary N) is 1. The summed E-state index contributed by atoms with van der Waals surface area (Å²) in [6.45, 7) is 1.01. The average Bonchev–Trinajstić information content (AvgIpc) is 2.85. The third-order valence-corrected chi connectivity index (χ3v) is 2.73. The molecule has 0 saturated heterocycles. The van der Waals surface area contributed by atoms with E-state index >= 15 is 0 Å². The maximum Gasteiger partial charge on any atom is 0.338 e. The number of furan rings is 1. The molecule has 1 heterocycles. The molecule has 4 nitrogen and oxygen atoms in total. The molecule has 19 heavy (non-hydrogen) atoms. The molecule has 0 fully saturated rings. The molecule has 0 aliphatic carbocycles. The molecular formula is C14H14FNO3. The first-order valence-electron chi connectivity index (χ1n) is 5.91. The highest BCUT2D eigenvalue weighted by atomic mass is 19.1. The van der Waals surface area contributed by atoms with E-state index in [-0.39, 0.29) is 11.4 Å². The van der Waals surface area contributed by atoms with E-state index in [0.29, 0.717) is 30.8 Å². The molecule has 0 bridgehead atoms. The predicted molar refractivity (Wildman–Crippen MR) is 67.5 cm³/mol. The Kier molecular flexibility index (Phi) is 4.30. The van der Waals surface area contributed by atoms with Crippen LogP contribution in [0, 0.1) is 5.82 Å². The average molecular weight is 263 g/mol. The van der Waals surface area contributed by atoms with Gasteiger partial charge in [-0.05, 0) is 30.7 Å². The standard InChI is InChI=1S/C14H14FNO3/c15-13-4-2-1-3-10(13)5-6-16-8-12-7-11(9-19-12)14(17)18/h1-4,7,9,16H,5-6,8H2,(H,17,18). The van der Waals surface area contributed by atoms with Crippen LogP contribution in [-0.2, 0) is 13.0 Å². The molecule has 2 aromatic rings. The van der Waals surface area contributed by atoms with Crippen LogP contribution in [0.1, 0.15) is 21.7 Å². The van der Waals surface area contributed by atoms with Gasteiger partial charge in [0.1, 0.15) is 17.8 Å². The van der Waals surface area contributed by atoms with Gasteiger partial charge in [0, 0.05) is 0 Å². The molecule has 0 saturated carbocycles. The van der Waals surface area contributed by atoms with E-state index in [1.165, 1.54) is 18.4 Å². The zero-order chi connectivity index (χ0) is 13.7. The molecular weight excluding hydrogens is 249 g/mol. The Morgan fingerprint density at radius 3 is 2.84 bits per heavy atom. The summed E-state index contributed by atoms with van der Waals surface area (Å²) in [6.07, 6.45) is 1.77. The van der Waals surface area contributed by atoms with E-state index in [1.807, 2.05) is 0 Å². The third-order valence-electron chi connectivity index (χ3n) is 2.73. The molecule has 1 aromatic heterocycles. The lowest BCUT2D eigenvalue weighted by Gasteiger charge is -2.04. The van der Waals surface area contributed by atoms with Crippen molar-refractivity contribution in [2.24, 2.45) is 0 Å². The van der Waals surface area contributed by atoms with Crippen molar-refractivity contribution in [1.82, 2.24) is 5.32 Å². The SMILES string of the molecule is O=C(O)c1coc(CNCCc2ccccc2F)c1. The normalized spacial score (nSPS) is 10.6. The summed E-state index contributed by atoms with van der Waals surface area (Å²) in [5.41, 5.74) is 0.784. The van der Waals surface area contributed by atoms with Gasteiger partial charge in [-0.3, -0.25) is 0 Å². The number of carboxylic acids is 1. The monoisotopic (exact) mass is 263 g/mol. The molecule has 0 aliphatic rings. The van der Waals surface area contributed by atoms with Crippen molar-refractivity contribution in [3.05, 3.63) is 59.3 Å². The Bertz CT molecular complexity index is 565. The van der Waals surface area contributed by atoms with Gasteiger partial charge in [-0.15, -0.1) is 0 Å². The molecule has 2 rings (SSSR count). The van der Waals surface area contributed by atoms with Crippen LogP contribution in [0.4, 0.5) is 4.39 Å². The first-order valence-corrected chi connectivity index (χ1v) is 5.91. The van der Waals surface area contributed by atoms with E-state index in [1.54, 1.807) is 18.2 Å². The highest BCUT2D eigenvalue weighted by Crippen LogP contribution is 2.08. The maximum atomic E-state index is 13.3. The first kappa shape index (κ1) is 13.3. The lowest BCUT2D eigenvalue weighted by Crippen LogP contribution is -2.16. The fourth-order valence-corrected chi connectivity index (χ4v) is 1.72. The van der Waals surface area contributed by atoms with Crippen LogP contribution in [0.15, 0.2) is 41.0 Å². The van der Waals surface area contributed by atoms with Crippen LogP contribution in [0.2, 0.25) is 0 Å². The Balaban J connectivity index is 1.77. The molecule has 0 amide bonds. The summed E-state index contributed by atoms with van der Waals surface area (Å²) in [5.74, 6) is -0.678. The van der Waals surface area contributed by atoms with Crippen LogP contribution in [0.5, 0.6) is 0 Å². The number of halogens is 1.